The highest BCUT2D eigenvalue weighted by Crippen LogP contribution is 2.68. The molecule has 4 aliphatic carbocycles. The van der Waals surface area contributed by atoms with E-state index in [9.17, 15) is 24.9 Å². The van der Waals surface area contributed by atoms with Gasteiger partial charge < -0.3 is 15.3 Å². The van der Waals surface area contributed by atoms with Gasteiger partial charge in [-0.15, -0.1) is 11.6 Å². The Kier molecular flexibility index (Phi) is 4.52. The van der Waals surface area contributed by atoms with Crippen LogP contribution in [0.5, 0.6) is 0 Å². The number of halogens is 1. The van der Waals surface area contributed by atoms with Crippen LogP contribution in [0.3, 0.4) is 0 Å². The topological polar surface area (TPSA) is 94.8 Å². The molecule has 0 amide bonds. The van der Waals surface area contributed by atoms with Crippen molar-refractivity contribution in [1.29, 1.82) is 0 Å². The smallest absolute Gasteiger partial charge is 0.190 e. The average molecular weight is 409 g/mol. The number of hydrogen-bond donors (Lipinski definition) is 3. The highest BCUT2D eigenvalue weighted by molar-refractivity contribution is 6.21. The third-order valence-corrected chi connectivity index (χ3v) is 9.08. The second-order valence-electron chi connectivity index (χ2n) is 9.79. The Hall–Kier alpha value is -1.01. The minimum atomic E-state index is -1.68. The summed E-state index contributed by atoms with van der Waals surface area (Å²) in [6.07, 6.45) is 5.78. The van der Waals surface area contributed by atoms with Crippen LogP contribution >= 0.6 is 11.6 Å². The van der Waals surface area contributed by atoms with Crippen molar-refractivity contribution in [3.63, 3.8) is 0 Å². The van der Waals surface area contributed by atoms with E-state index >= 15 is 0 Å². The molecule has 3 N–H and O–H groups in total. The number of carbonyl (C=O) groups is 2. The minimum absolute atomic E-state index is 0.0525. The first-order valence-corrected chi connectivity index (χ1v) is 10.6. The molecule has 0 aromatic heterocycles. The van der Waals surface area contributed by atoms with E-state index in [2.05, 4.69) is 6.92 Å². The largest absolute Gasteiger partial charge is 0.393 e. The first kappa shape index (κ1) is 20.3. The number of allylic oxidation sites excluding steroid dienone is 4. The Morgan fingerprint density at radius 3 is 2.68 bits per heavy atom. The summed E-state index contributed by atoms with van der Waals surface area (Å²) in [6.45, 7) is 5.05. The predicted molar refractivity (Wildman–Crippen MR) is 105 cm³/mol. The molecule has 9 atom stereocenters. The molecule has 0 spiro atoms. The van der Waals surface area contributed by atoms with Gasteiger partial charge in [-0.25, -0.2) is 0 Å². The second-order valence-corrected chi connectivity index (χ2v) is 10.4. The van der Waals surface area contributed by atoms with Gasteiger partial charge in [-0.05, 0) is 49.2 Å². The highest BCUT2D eigenvalue weighted by Gasteiger charge is 2.71. The lowest BCUT2D eigenvalue weighted by Gasteiger charge is -2.60. The summed E-state index contributed by atoms with van der Waals surface area (Å²) >= 11 is 6.86. The SMILES string of the molecule is C[C@@H]1C[C@H]2[C@@H]3[C@H](Cl)CC4=CC(=O)C=C[C@]4(C)[C@H]3C(O)C[C@]2(C)[C@@]1(O)C(=O)CO. The van der Waals surface area contributed by atoms with Crippen molar-refractivity contribution >= 4 is 23.2 Å². The van der Waals surface area contributed by atoms with Crippen LogP contribution in [0.15, 0.2) is 23.8 Å². The Labute approximate surface area is 170 Å². The van der Waals surface area contributed by atoms with E-state index in [1.54, 1.807) is 12.2 Å². The maximum atomic E-state index is 12.6. The Balaban J connectivity index is 1.82. The van der Waals surface area contributed by atoms with Crippen LogP contribution in [0.25, 0.3) is 0 Å². The zero-order valence-corrected chi connectivity index (χ0v) is 17.3. The number of carbonyl (C=O) groups excluding carboxylic acids is 2. The van der Waals surface area contributed by atoms with Crippen LogP contribution in [0.4, 0.5) is 0 Å². The zero-order chi connectivity index (χ0) is 20.6. The van der Waals surface area contributed by atoms with E-state index in [1.165, 1.54) is 0 Å². The van der Waals surface area contributed by atoms with Crippen LogP contribution in [0.1, 0.15) is 40.0 Å². The number of ketones is 2. The van der Waals surface area contributed by atoms with Crippen molar-refractivity contribution in [2.75, 3.05) is 6.61 Å². The molecular weight excluding hydrogens is 380 g/mol. The molecule has 6 heteroatoms. The van der Waals surface area contributed by atoms with Crippen molar-refractivity contribution in [3.05, 3.63) is 23.8 Å². The molecule has 4 rings (SSSR count). The van der Waals surface area contributed by atoms with Gasteiger partial charge >= 0.3 is 0 Å². The van der Waals surface area contributed by atoms with Gasteiger partial charge in [0.1, 0.15) is 12.2 Å². The third kappa shape index (κ3) is 2.31. The number of rotatable bonds is 2. The molecule has 3 fully saturated rings. The highest BCUT2D eigenvalue weighted by atomic mass is 35.5. The van der Waals surface area contributed by atoms with Gasteiger partial charge in [0.05, 0.1) is 6.10 Å². The first-order chi connectivity index (χ1) is 13.0. The lowest BCUT2D eigenvalue weighted by molar-refractivity contribution is -0.183. The quantitative estimate of drug-likeness (QED) is 0.607. The Morgan fingerprint density at radius 2 is 2.04 bits per heavy atom. The monoisotopic (exact) mass is 408 g/mol. The molecule has 0 saturated heterocycles. The van der Waals surface area contributed by atoms with Gasteiger partial charge in [-0.1, -0.05) is 32.4 Å². The van der Waals surface area contributed by atoms with Crippen LogP contribution in [-0.4, -0.2) is 50.6 Å². The number of fused-ring (bicyclic) bond motifs is 5. The molecule has 154 valence electrons. The van der Waals surface area contributed by atoms with E-state index < -0.39 is 34.9 Å². The molecule has 28 heavy (non-hydrogen) atoms. The molecule has 5 nitrogen and oxygen atoms in total. The van der Waals surface area contributed by atoms with Gasteiger partial charge in [-0.3, -0.25) is 9.59 Å². The van der Waals surface area contributed by atoms with E-state index in [4.69, 9.17) is 11.6 Å². The fourth-order valence-electron chi connectivity index (χ4n) is 7.29. The molecule has 1 unspecified atom stereocenters. The predicted octanol–water partition coefficient (Wildman–Crippen LogP) is 2.02. The van der Waals surface area contributed by atoms with Gasteiger partial charge in [0.25, 0.3) is 0 Å². The van der Waals surface area contributed by atoms with Crippen LogP contribution in [0.2, 0.25) is 0 Å². The summed E-state index contributed by atoms with van der Waals surface area (Å²) in [4.78, 5) is 24.5. The summed E-state index contributed by atoms with van der Waals surface area (Å²) in [6, 6.07) is 0. The number of aliphatic hydroxyl groups is 3. The van der Waals surface area contributed by atoms with Gasteiger partial charge in [0, 0.05) is 22.1 Å². The fourth-order valence-corrected chi connectivity index (χ4v) is 7.79. The van der Waals surface area contributed by atoms with E-state index in [0.29, 0.717) is 12.8 Å². The Morgan fingerprint density at radius 1 is 1.36 bits per heavy atom. The average Bonchev–Trinajstić information content (AvgIpc) is 2.83. The summed E-state index contributed by atoms with van der Waals surface area (Å²) in [5, 5.41) is 32.0. The summed E-state index contributed by atoms with van der Waals surface area (Å²) in [5.74, 6) is -1.29. The van der Waals surface area contributed by atoms with Gasteiger partial charge in [0.15, 0.2) is 11.6 Å². The van der Waals surface area contributed by atoms with E-state index in [-0.39, 0.29) is 41.3 Å². The standard InChI is InChI=1S/C22H29ClO5/c1-11-6-14-18-15(23)8-12-7-13(25)4-5-20(12,2)19(18)16(26)9-21(14,3)22(11,28)17(27)10-24/h4-5,7,11,14-16,18-19,24,26,28H,6,8-10H2,1-3H3/t11-,14+,15-,16?,18-,19+,20+,21+,22+/m1/s1. The van der Waals surface area contributed by atoms with Gasteiger partial charge in [-0.2, -0.15) is 0 Å². The summed E-state index contributed by atoms with van der Waals surface area (Å²) < 4.78 is 0. The fraction of sp³-hybridized carbons (Fsp3) is 0.727. The van der Waals surface area contributed by atoms with Crippen LogP contribution < -0.4 is 0 Å². The van der Waals surface area contributed by atoms with Crippen molar-refractivity contribution < 1.29 is 24.9 Å². The summed E-state index contributed by atoms with van der Waals surface area (Å²) in [7, 11) is 0. The second kappa shape index (κ2) is 6.24. The van der Waals surface area contributed by atoms with Crippen LogP contribution in [0, 0.1) is 34.5 Å². The molecule has 0 radical (unpaired) electrons. The number of aliphatic hydroxyl groups excluding tert-OH is 2. The van der Waals surface area contributed by atoms with Crippen LogP contribution in [-0.2, 0) is 9.59 Å². The van der Waals surface area contributed by atoms with Gasteiger partial charge in [0.2, 0.25) is 0 Å². The Bertz CT molecular complexity index is 790. The van der Waals surface area contributed by atoms with Crippen molar-refractivity contribution in [2.45, 2.75) is 57.1 Å². The maximum absolute atomic E-state index is 12.6. The number of hydrogen-bond acceptors (Lipinski definition) is 5. The molecule has 0 bridgehead atoms. The lowest BCUT2D eigenvalue weighted by atomic mass is 9.46. The number of alkyl halides is 1. The molecule has 3 saturated carbocycles. The molecular formula is C22H29ClO5. The van der Waals surface area contributed by atoms with Crippen molar-refractivity contribution in [2.24, 2.45) is 34.5 Å². The molecule has 0 aromatic rings. The third-order valence-electron chi connectivity index (χ3n) is 8.63. The van der Waals surface area contributed by atoms with Crippen molar-refractivity contribution in [1.82, 2.24) is 0 Å². The van der Waals surface area contributed by atoms with Crippen molar-refractivity contribution in [3.8, 4) is 0 Å². The van der Waals surface area contributed by atoms with E-state index in [0.717, 1.165) is 5.57 Å². The summed E-state index contributed by atoms with van der Waals surface area (Å²) in [5.41, 5.74) is -2.04. The molecule has 0 heterocycles. The number of Topliss-reactive ketones (excluding diaryl/α,β-unsaturated/α-hetero) is 1. The first-order valence-electron chi connectivity index (χ1n) is 10.1. The van der Waals surface area contributed by atoms with E-state index in [1.807, 2.05) is 19.9 Å². The molecule has 0 aromatic carbocycles. The molecule has 0 aliphatic heterocycles. The minimum Gasteiger partial charge on any atom is -0.393 e. The lowest BCUT2D eigenvalue weighted by Crippen LogP contribution is -2.64. The normalized spacial score (nSPS) is 52.5. The molecule has 4 aliphatic rings. The maximum Gasteiger partial charge on any atom is 0.190 e. The zero-order valence-electron chi connectivity index (χ0n) is 16.6.